The van der Waals surface area contributed by atoms with Gasteiger partial charge in [0.1, 0.15) is 5.84 Å². The highest BCUT2D eigenvalue weighted by atomic mass is 35.5. The molecule has 2 aromatic carbocycles. The number of benzene rings is 2. The summed E-state index contributed by atoms with van der Waals surface area (Å²) in [5.74, 6) is -1.44. The van der Waals surface area contributed by atoms with Gasteiger partial charge in [0.2, 0.25) is 0 Å². The van der Waals surface area contributed by atoms with E-state index in [0.29, 0.717) is 11.1 Å². The van der Waals surface area contributed by atoms with E-state index in [4.69, 9.17) is 15.9 Å². The number of amides is 1. The van der Waals surface area contributed by atoms with Gasteiger partial charge in [-0.05, 0) is 5.56 Å². The van der Waals surface area contributed by atoms with Crippen molar-refractivity contribution < 1.29 is 22.7 Å². The van der Waals surface area contributed by atoms with Crippen LogP contribution in [-0.2, 0) is 21.7 Å². The highest BCUT2D eigenvalue weighted by Crippen LogP contribution is 2.42. The Morgan fingerprint density at radius 2 is 1.67 bits per heavy atom. The van der Waals surface area contributed by atoms with Gasteiger partial charge in [-0.1, -0.05) is 54.6 Å². The zero-order valence-electron chi connectivity index (χ0n) is 14.3. The molecule has 0 unspecified atom stereocenters. The first-order chi connectivity index (χ1) is 12.2. The van der Waals surface area contributed by atoms with Crippen molar-refractivity contribution in [3.05, 3.63) is 71.3 Å². The minimum absolute atomic E-state index is 0. The second kappa shape index (κ2) is 8.88. The van der Waals surface area contributed by atoms with Crippen molar-refractivity contribution in [1.29, 1.82) is 5.41 Å². The van der Waals surface area contributed by atoms with Crippen LogP contribution in [0.4, 0.5) is 13.2 Å². The summed E-state index contributed by atoms with van der Waals surface area (Å²) in [6.07, 6.45) is -4.95. The number of hydrogen-bond acceptors (Lipinski definition) is 3. The monoisotopic (exact) mass is 401 g/mol. The molecule has 0 fully saturated rings. The number of carbonyl (C=O) groups is 1. The van der Waals surface area contributed by atoms with Gasteiger partial charge in [0, 0.05) is 24.8 Å². The smallest absolute Gasteiger partial charge is 0.384 e. The van der Waals surface area contributed by atoms with E-state index in [1.54, 1.807) is 30.3 Å². The lowest BCUT2D eigenvalue weighted by molar-refractivity contribution is -0.265. The molecule has 146 valence electrons. The number of amidine groups is 1. The van der Waals surface area contributed by atoms with Crippen LogP contribution in [0.15, 0.2) is 54.6 Å². The van der Waals surface area contributed by atoms with Gasteiger partial charge >= 0.3 is 6.18 Å². The Labute approximate surface area is 160 Å². The molecule has 9 heteroatoms. The van der Waals surface area contributed by atoms with Crippen LogP contribution in [0.25, 0.3) is 0 Å². The molecule has 4 N–H and O–H groups in total. The highest BCUT2D eigenvalue weighted by molar-refractivity contribution is 5.94. The zero-order valence-corrected chi connectivity index (χ0v) is 15.2. The van der Waals surface area contributed by atoms with Crippen LogP contribution in [0.2, 0.25) is 0 Å². The van der Waals surface area contributed by atoms with Crippen molar-refractivity contribution in [2.75, 3.05) is 7.11 Å². The lowest BCUT2D eigenvalue weighted by Crippen LogP contribution is -2.55. The third-order valence-electron chi connectivity index (χ3n) is 3.92. The number of halogens is 4. The first kappa shape index (κ1) is 22.5. The van der Waals surface area contributed by atoms with Gasteiger partial charge in [0.25, 0.3) is 11.5 Å². The van der Waals surface area contributed by atoms with Gasteiger partial charge in [-0.25, -0.2) is 0 Å². The fourth-order valence-electron chi connectivity index (χ4n) is 2.53. The molecule has 2 aromatic rings. The molecule has 27 heavy (non-hydrogen) atoms. The number of ether oxygens (including phenoxy) is 1. The van der Waals surface area contributed by atoms with E-state index in [-0.39, 0.29) is 30.4 Å². The SMILES string of the molecule is CO[C@](C(=O)NCc1ccc(C(=N)N)cc1)(c1ccccc1)C(F)(F)F.Cl. The fraction of sp³-hybridized carbons (Fsp3) is 0.222. The molecule has 0 aliphatic heterocycles. The Morgan fingerprint density at radius 1 is 1.11 bits per heavy atom. The summed E-state index contributed by atoms with van der Waals surface area (Å²) in [6.45, 7) is -0.134. The van der Waals surface area contributed by atoms with Crippen molar-refractivity contribution >= 4 is 24.1 Å². The molecule has 2 rings (SSSR count). The maximum absolute atomic E-state index is 13.8. The fourth-order valence-corrected chi connectivity index (χ4v) is 2.53. The van der Waals surface area contributed by atoms with Crippen LogP contribution < -0.4 is 11.1 Å². The minimum Gasteiger partial charge on any atom is -0.384 e. The normalized spacial score (nSPS) is 13.2. The molecule has 0 saturated heterocycles. The molecule has 1 amide bonds. The van der Waals surface area contributed by atoms with Gasteiger partial charge in [0.15, 0.2) is 0 Å². The molecular weight excluding hydrogens is 383 g/mol. The van der Waals surface area contributed by atoms with Crippen LogP contribution in [0.1, 0.15) is 16.7 Å². The van der Waals surface area contributed by atoms with Crippen LogP contribution in [0, 0.1) is 5.41 Å². The van der Waals surface area contributed by atoms with E-state index in [0.717, 1.165) is 7.11 Å². The molecule has 0 heterocycles. The van der Waals surface area contributed by atoms with Crippen molar-refractivity contribution in [3.8, 4) is 0 Å². The number of rotatable bonds is 6. The first-order valence-corrected chi connectivity index (χ1v) is 7.61. The Balaban J connectivity index is 0.00000364. The lowest BCUT2D eigenvalue weighted by atomic mass is 9.91. The van der Waals surface area contributed by atoms with Crippen LogP contribution in [-0.4, -0.2) is 25.0 Å². The van der Waals surface area contributed by atoms with Gasteiger partial charge in [-0.2, -0.15) is 13.2 Å². The second-order valence-electron chi connectivity index (χ2n) is 5.54. The maximum atomic E-state index is 13.8. The van der Waals surface area contributed by atoms with E-state index < -0.39 is 17.7 Å². The lowest BCUT2D eigenvalue weighted by Gasteiger charge is -2.33. The van der Waals surface area contributed by atoms with Crippen LogP contribution in [0.5, 0.6) is 0 Å². The Hall–Kier alpha value is -2.58. The van der Waals surface area contributed by atoms with E-state index in [9.17, 15) is 18.0 Å². The molecule has 0 radical (unpaired) electrons. The molecule has 0 bridgehead atoms. The number of nitrogens with one attached hydrogen (secondary N) is 2. The van der Waals surface area contributed by atoms with Gasteiger partial charge in [0.05, 0.1) is 0 Å². The van der Waals surface area contributed by atoms with Gasteiger partial charge in [-0.15, -0.1) is 12.4 Å². The zero-order chi connectivity index (χ0) is 19.4. The molecule has 0 aromatic heterocycles. The van der Waals surface area contributed by atoms with E-state index in [1.165, 1.54) is 24.3 Å². The van der Waals surface area contributed by atoms with Gasteiger partial charge < -0.3 is 15.8 Å². The molecular formula is C18H19ClF3N3O2. The summed E-state index contributed by atoms with van der Waals surface area (Å²) in [7, 11) is 0.849. The van der Waals surface area contributed by atoms with E-state index >= 15 is 0 Å². The molecule has 0 spiro atoms. The molecule has 0 aliphatic rings. The second-order valence-corrected chi connectivity index (χ2v) is 5.54. The van der Waals surface area contributed by atoms with Crippen molar-refractivity contribution in [1.82, 2.24) is 5.32 Å². The van der Waals surface area contributed by atoms with Crippen LogP contribution >= 0.6 is 12.4 Å². The highest BCUT2D eigenvalue weighted by Gasteiger charge is 2.62. The largest absolute Gasteiger partial charge is 0.430 e. The quantitative estimate of drug-likeness (QED) is 0.513. The summed E-state index contributed by atoms with van der Waals surface area (Å²) < 4.78 is 46.0. The van der Waals surface area contributed by atoms with Crippen LogP contribution in [0.3, 0.4) is 0 Å². The van der Waals surface area contributed by atoms with Gasteiger partial charge in [-0.3, -0.25) is 10.2 Å². The third-order valence-corrected chi connectivity index (χ3v) is 3.92. The third kappa shape index (κ3) is 4.58. The molecule has 0 saturated carbocycles. The molecule has 1 atom stereocenters. The maximum Gasteiger partial charge on any atom is 0.430 e. The first-order valence-electron chi connectivity index (χ1n) is 7.61. The Kier molecular flexibility index (Phi) is 7.38. The summed E-state index contributed by atoms with van der Waals surface area (Å²) >= 11 is 0. The standard InChI is InChI=1S/C18H18F3N3O2.ClH/c1-26-17(18(19,20)21,14-5-3-2-4-6-14)16(25)24-11-12-7-9-13(10-8-12)15(22)23;/h2-10H,11H2,1H3,(H3,22,23)(H,24,25);1H/t17-;/m0./s1. The summed E-state index contributed by atoms with van der Waals surface area (Å²) in [5.41, 5.74) is 2.97. The summed E-state index contributed by atoms with van der Waals surface area (Å²) in [4.78, 5) is 12.5. The average molecular weight is 402 g/mol. The summed E-state index contributed by atoms with van der Waals surface area (Å²) in [6, 6.07) is 13.0. The minimum atomic E-state index is -4.95. The number of nitrogens with two attached hydrogens (primary N) is 1. The van der Waals surface area contributed by atoms with Crippen molar-refractivity contribution in [2.45, 2.75) is 18.3 Å². The Morgan fingerprint density at radius 3 is 2.11 bits per heavy atom. The number of methoxy groups -OCH3 is 1. The number of nitrogen functional groups attached to an aromatic ring is 1. The molecule has 0 aliphatic carbocycles. The number of carbonyl (C=O) groups excluding carboxylic acids is 1. The topological polar surface area (TPSA) is 88.2 Å². The number of alkyl halides is 3. The van der Waals surface area contributed by atoms with E-state index in [2.05, 4.69) is 5.32 Å². The Bertz CT molecular complexity index is 783. The van der Waals surface area contributed by atoms with Crippen molar-refractivity contribution in [2.24, 2.45) is 5.73 Å². The number of hydrogen-bond donors (Lipinski definition) is 3. The van der Waals surface area contributed by atoms with E-state index in [1.807, 2.05) is 0 Å². The summed E-state index contributed by atoms with van der Waals surface area (Å²) in [5, 5.41) is 9.59. The van der Waals surface area contributed by atoms with Crippen molar-refractivity contribution in [3.63, 3.8) is 0 Å². The predicted octanol–water partition coefficient (Wildman–Crippen LogP) is 3.11. The average Bonchev–Trinajstić information content (AvgIpc) is 2.61. The molecule has 5 nitrogen and oxygen atoms in total. The predicted molar refractivity (Wildman–Crippen MR) is 97.7 cm³/mol.